The van der Waals surface area contributed by atoms with Gasteiger partial charge in [0.05, 0.1) is 19.3 Å². The molecule has 3 N–H and O–H groups in total. The van der Waals surface area contributed by atoms with E-state index < -0.39 is 18.2 Å². The van der Waals surface area contributed by atoms with Crippen molar-refractivity contribution < 1.29 is 19.4 Å². The zero-order valence-corrected chi connectivity index (χ0v) is 19.5. The number of aliphatic hydroxyl groups is 1. The summed E-state index contributed by atoms with van der Waals surface area (Å²) in [7, 11) is 1.63. The van der Waals surface area contributed by atoms with Crippen LogP contribution in [0.25, 0.3) is 0 Å². The number of alkyl carbamates (subject to hydrolysis) is 1. The normalized spacial score (nSPS) is 12.2. The topological polar surface area (TPSA) is 79.8 Å². The summed E-state index contributed by atoms with van der Waals surface area (Å²) >= 11 is 0. The number of rotatable bonds is 11. The van der Waals surface area contributed by atoms with Crippen LogP contribution in [0.2, 0.25) is 0 Å². The number of carbonyl (C=O) groups excluding carboxylic acids is 1. The van der Waals surface area contributed by atoms with E-state index in [0.717, 1.165) is 22.4 Å². The van der Waals surface area contributed by atoms with Gasteiger partial charge in [-0.05, 0) is 35.2 Å². The van der Waals surface area contributed by atoms with Gasteiger partial charge in [-0.25, -0.2) is 4.79 Å². The van der Waals surface area contributed by atoms with Gasteiger partial charge >= 0.3 is 6.09 Å². The van der Waals surface area contributed by atoms with Crippen molar-refractivity contribution in [3.8, 4) is 5.75 Å². The highest BCUT2D eigenvalue weighted by Crippen LogP contribution is 2.12. The Hall–Kier alpha value is -3.06. The minimum atomic E-state index is -0.801. The van der Waals surface area contributed by atoms with E-state index in [1.807, 2.05) is 84.9 Å². The predicted octanol–water partition coefficient (Wildman–Crippen LogP) is 4.11. The number of aliphatic hydroxyl groups excluding tert-OH is 1. The summed E-state index contributed by atoms with van der Waals surface area (Å²) in [6, 6.07) is 26.5. The number of methoxy groups -OCH3 is 1. The SMILES string of the molecule is COc1cccc(CNC[C@@H](O)[C@H](Cc2ccccc2)NC(=O)OCc2ccccc2)c1.Cl. The maximum atomic E-state index is 12.4. The zero-order chi connectivity index (χ0) is 22.6. The van der Waals surface area contributed by atoms with E-state index in [1.54, 1.807) is 7.11 Å². The van der Waals surface area contributed by atoms with E-state index in [1.165, 1.54) is 0 Å². The van der Waals surface area contributed by atoms with Gasteiger partial charge in [-0.1, -0.05) is 72.8 Å². The molecular weight excluding hydrogens is 440 g/mol. The summed E-state index contributed by atoms with van der Waals surface area (Å²) in [6.45, 7) is 1.06. The van der Waals surface area contributed by atoms with Crippen LogP contribution in [0.15, 0.2) is 84.9 Å². The fraction of sp³-hybridized carbons (Fsp3) is 0.269. The highest BCUT2D eigenvalue weighted by molar-refractivity contribution is 5.85. The third-order valence-corrected chi connectivity index (χ3v) is 5.10. The van der Waals surface area contributed by atoms with Gasteiger partial charge in [-0.3, -0.25) is 0 Å². The highest BCUT2D eigenvalue weighted by Gasteiger charge is 2.22. The lowest BCUT2D eigenvalue weighted by molar-refractivity contribution is 0.100. The van der Waals surface area contributed by atoms with E-state index in [0.29, 0.717) is 19.5 Å². The van der Waals surface area contributed by atoms with Crippen LogP contribution in [0.1, 0.15) is 16.7 Å². The minimum absolute atomic E-state index is 0. The summed E-state index contributed by atoms with van der Waals surface area (Å²) in [4.78, 5) is 12.4. The Morgan fingerprint density at radius 3 is 2.21 bits per heavy atom. The first-order chi connectivity index (χ1) is 15.6. The Morgan fingerprint density at radius 1 is 0.909 bits per heavy atom. The predicted molar refractivity (Wildman–Crippen MR) is 132 cm³/mol. The van der Waals surface area contributed by atoms with E-state index in [-0.39, 0.29) is 19.0 Å². The molecule has 3 aromatic rings. The number of benzene rings is 3. The largest absolute Gasteiger partial charge is 0.497 e. The lowest BCUT2D eigenvalue weighted by Gasteiger charge is -2.24. The average molecular weight is 471 g/mol. The first-order valence-electron chi connectivity index (χ1n) is 10.7. The number of halogens is 1. The van der Waals surface area contributed by atoms with Gasteiger partial charge in [0.25, 0.3) is 0 Å². The molecule has 2 atom stereocenters. The van der Waals surface area contributed by atoms with Gasteiger partial charge in [-0.15, -0.1) is 12.4 Å². The van der Waals surface area contributed by atoms with E-state index >= 15 is 0 Å². The third kappa shape index (κ3) is 9.14. The van der Waals surface area contributed by atoms with Crippen LogP contribution in [-0.4, -0.2) is 37.0 Å². The molecule has 0 unspecified atom stereocenters. The third-order valence-electron chi connectivity index (χ3n) is 5.10. The molecule has 0 fully saturated rings. The van der Waals surface area contributed by atoms with Crippen LogP contribution >= 0.6 is 12.4 Å². The smallest absolute Gasteiger partial charge is 0.407 e. The van der Waals surface area contributed by atoms with Crippen LogP contribution in [0.3, 0.4) is 0 Å². The van der Waals surface area contributed by atoms with E-state index in [2.05, 4.69) is 10.6 Å². The number of nitrogens with one attached hydrogen (secondary N) is 2. The van der Waals surface area contributed by atoms with Crippen LogP contribution in [0.5, 0.6) is 5.75 Å². The molecule has 0 radical (unpaired) electrons. The maximum Gasteiger partial charge on any atom is 0.407 e. The summed E-state index contributed by atoms with van der Waals surface area (Å²) < 4.78 is 10.6. The van der Waals surface area contributed by atoms with Gasteiger partial charge in [-0.2, -0.15) is 0 Å². The molecule has 6 nitrogen and oxygen atoms in total. The molecule has 0 bridgehead atoms. The highest BCUT2D eigenvalue weighted by atomic mass is 35.5. The molecule has 176 valence electrons. The van der Waals surface area contributed by atoms with Crippen molar-refractivity contribution in [2.75, 3.05) is 13.7 Å². The molecule has 1 amide bonds. The number of hydrogen-bond donors (Lipinski definition) is 3. The van der Waals surface area contributed by atoms with Crippen molar-refractivity contribution in [1.29, 1.82) is 0 Å². The van der Waals surface area contributed by atoms with Gasteiger partial charge < -0.3 is 25.2 Å². The van der Waals surface area contributed by atoms with Crippen LogP contribution in [0.4, 0.5) is 4.79 Å². The Labute approximate surface area is 201 Å². The average Bonchev–Trinajstić information content (AvgIpc) is 2.83. The summed E-state index contributed by atoms with van der Waals surface area (Å²) in [5.41, 5.74) is 2.97. The van der Waals surface area contributed by atoms with Crippen LogP contribution in [-0.2, 0) is 24.3 Å². The second kappa shape index (κ2) is 14.2. The molecule has 0 saturated carbocycles. The molecule has 0 heterocycles. The molecule has 0 spiro atoms. The Kier molecular flexibility index (Phi) is 11.2. The van der Waals surface area contributed by atoms with Crippen molar-refractivity contribution in [3.05, 3.63) is 102 Å². The van der Waals surface area contributed by atoms with Crippen LogP contribution in [0, 0.1) is 0 Å². The first kappa shape index (κ1) is 26.2. The molecule has 0 aliphatic rings. The number of carbonyl (C=O) groups is 1. The molecule has 3 aromatic carbocycles. The van der Waals surface area contributed by atoms with Crippen molar-refractivity contribution >= 4 is 18.5 Å². The second-order valence-corrected chi connectivity index (χ2v) is 7.55. The van der Waals surface area contributed by atoms with Crippen molar-refractivity contribution in [1.82, 2.24) is 10.6 Å². The van der Waals surface area contributed by atoms with Crippen molar-refractivity contribution in [2.45, 2.75) is 31.7 Å². The molecule has 7 heteroatoms. The zero-order valence-electron chi connectivity index (χ0n) is 18.6. The van der Waals surface area contributed by atoms with E-state index in [9.17, 15) is 9.90 Å². The fourth-order valence-corrected chi connectivity index (χ4v) is 3.36. The van der Waals surface area contributed by atoms with Gasteiger partial charge in [0.15, 0.2) is 0 Å². The van der Waals surface area contributed by atoms with E-state index in [4.69, 9.17) is 9.47 Å². The number of ether oxygens (including phenoxy) is 2. The van der Waals surface area contributed by atoms with Gasteiger partial charge in [0.1, 0.15) is 12.4 Å². The number of hydrogen-bond acceptors (Lipinski definition) is 5. The van der Waals surface area contributed by atoms with Crippen molar-refractivity contribution in [3.63, 3.8) is 0 Å². The van der Waals surface area contributed by atoms with Gasteiger partial charge in [0.2, 0.25) is 0 Å². The minimum Gasteiger partial charge on any atom is -0.497 e. The monoisotopic (exact) mass is 470 g/mol. The van der Waals surface area contributed by atoms with Crippen LogP contribution < -0.4 is 15.4 Å². The Morgan fingerprint density at radius 2 is 1.55 bits per heavy atom. The second-order valence-electron chi connectivity index (χ2n) is 7.55. The first-order valence-corrected chi connectivity index (χ1v) is 10.7. The maximum absolute atomic E-state index is 12.4. The summed E-state index contributed by atoms with van der Waals surface area (Å²) in [5, 5.41) is 16.9. The Bertz CT molecular complexity index is 957. The molecule has 0 saturated heterocycles. The molecule has 3 rings (SSSR count). The molecule has 0 aliphatic carbocycles. The lowest BCUT2D eigenvalue weighted by atomic mass is 10.0. The molecule has 0 aromatic heterocycles. The molecular formula is C26H31ClN2O4. The summed E-state index contributed by atoms with van der Waals surface area (Å²) in [5.74, 6) is 0.787. The Balaban J connectivity index is 0.00000385. The quantitative estimate of drug-likeness (QED) is 0.393. The van der Waals surface area contributed by atoms with Gasteiger partial charge in [0, 0.05) is 13.1 Å². The lowest BCUT2D eigenvalue weighted by Crippen LogP contribution is -2.48. The van der Waals surface area contributed by atoms with Crippen molar-refractivity contribution in [2.24, 2.45) is 0 Å². The molecule has 0 aliphatic heterocycles. The standard InChI is InChI=1S/C26H30N2O4.ClH/c1-31-23-14-8-13-22(15-23)17-27-18-25(29)24(16-20-9-4-2-5-10-20)28-26(30)32-19-21-11-6-3-7-12-21;/h2-15,24-25,27,29H,16-19H2,1H3,(H,28,30);1H/t24-,25+;/m0./s1. The fourth-order valence-electron chi connectivity index (χ4n) is 3.36. The summed E-state index contributed by atoms with van der Waals surface area (Å²) in [6.07, 6.45) is -0.866. The number of amides is 1. The molecule has 33 heavy (non-hydrogen) atoms.